The molecule has 0 radical (unpaired) electrons. The van der Waals surface area contributed by atoms with Gasteiger partial charge >= 0.3 is 0 Å². The van der Waals surface area contributed by atoms with Gasteiger partial charge in [-0.3, -0.25) is 4.57 Å². The van der Waals surface area contributed by atoms with Crippen LogP contribution in [-0.4, -0.2) is 24.5 Å². The molecule has 0 saturated carbocycles. The Morgan fingerprint density at radius 3 is 1.48 bits per heavy atom. The van der Waals surface area contributed by atoms with E-state index in [1.807, 2.05) is 42.5 Å². The van der Waals surface area contributed by atoms with Gasteiger partial charge in [-0.15, -0.1) is 0 Å². The Labute approximate surface area is 367 Å². The first kappa shape index (κ1) is 36.0. The van der Waals surface area contributed by atoms with Crippen LogP contribution in [0.25, 0.3) is 128 Å². The fourth-order valence-corrected chi connectivity index (χ4v) is 9.38. The highest BCUT2D eigenvalue weighted by molar-refractivity contribution is 6.15. The highest BCUT2D eigenvalue weighted by Crippen LogP contribution is 2.40. The van der Waals surface area contributed by atoms with Crippen molar-refractivity contribution in [3.05, 3.63) is 212 Å². The van der Waals surface area contributed by atoms with Crippen molar-refractivity contribution in [3.63, 3.8) is 0 Å². The van der Waals surface area contributed by atoms with Gasteiger partial charge < -0.3 is 4.42 Å². The molecule has 3 heterocycles. The number of para-hydroxylation sites is 4. The van der Waals surface area contributed by atoms with Gasteiger partial charge in [0.2, 0.25) is 5.89 Å². The lowest BCUT2D eigenvalue weighted by atomic mass is 9.93. The molecule has 0 aliphatic heterocycles. The summed E-state index contributed by atoms with van der Waals surface area (Å²) in [7, 11) is 0. The monoisotopic (exact) mass is 817 g/mol. The maximum absolute atomic E-state index is 6.08. The molecular formula is C58H35N5O. The first-order valence-corrected chi connectivity index (χ1v) is 21.5. The van der Waals surface area contributed by atoms with Gasteiger partial charge in [-0.2, -0.15) is 0 Å². The summed E-state index contributed by atoms with van der Waals surface area (Å²) < 4.78 is 8.30. The molecule has 0 atom stereocenters. The van der Waals surface area contributed by atoms with Crippen LogP contribution in [0.5, 0.6) is 0 Å². The van der Waals surface area contributed by atoms with E-state index in [1.54, 1.807) is 0 Å². The molecule has 6 heteroatoms. The third-order valence-electron chi connectivity index (χ3n) is 12.4. The molecule has 3 aromatic heterocycles. The van der Waals surface area contributed by atoms with Gasteiger partial charge in [0.15, 0.2) is 11.4 Å². The second-order valence-electron chi connectivity index (χ2n) is 16.2. The van der Waals surface area contributed by atoms with Crippen LogP contribution in [0, 0.1) is 0 Å². The molecule has 0 bridgehead atoms. The summed E-state index contributed by atoms with van der Waals surface area (Å²) in [6.45, 7) is 0. The lowest BCUT2D eigenvalue weighted by Crippen LogP contribution is -1.99. The molecule has 0 N–H and O–H groups in total. The zero-order valence-corrected chi connectivity index (χ0v) is 34.4. The molecule has 0 unspecified atom stereocenters. The molecule has 0 amide bonds. The number of hydrogen-bond donors (Lipinski definition) is 0. The lowest BCUT2D eigenvalue weighted by Gasteiger charge is -2.15. The number of fused-ring (bicyclic) bond motifs is 8. The van der Waals surface area contributed by atoms with Crippen LogP contribution in [0.3, 0.4) is 0 Å². The number of oxazole rings is 1. The number of nitrogens with zero attached hydrogens (tertiary/aromatic N) is 5. The molecule has 64 heavy (non-hydrogen) atoms. The van der Waals surface area contributed by atoms with Crippen molar-refractivity contribution in [2.24, 2.45) is 0 Å². The Hall–Kier alpha value is -8.74. The van der Waals surface area contributed by atoms with Crippen LogP contribution < -0.4 is 0 Å². The van der Waals surface area contributed by atoms with Crippen LogP contribution in [0.2, 0.25) is 0 Å². The highest BCUT2D eigenvalue weighted by atomic mass is 16.3. The number of imidazole rings is 1. The van der Waals surface area contributed by atoms with E-state index in [-0.39, 0.29) is 0 Å². The number of aromatic nitrogens is 5. The lowest BCUT2D eigenvalue weighted by molar-refractivity contribution is 0.620. The third-order valence-corrected chi connectivity index (χ3v) is 12.4. The minimum atomic E-state index is 0.592. The van der Waals surface area contributed by atoms with Crippen molar-refractivity contribution in [2.75, 3.05) is 0 Å². The molecule has 0 aliphatic carbocycles. The van der Waals surface area contributed by atoms with Crippen molar-refractivity contribution in [1.29, 1.82) is 0 Å². The summed E-state index contributed by atoms with van der Waals surface area (Å²) in [5.74, 6) is 2.08. The van der Waals surface area contributed by atoms with Crippen molar-refractivity contribution in [3.8, 4) is 62.4 Å². The molecule has 0 aliphatic rings. The van der Waals surface area contributed by atoms with E-state index in [4.69, 9.17) is 24.4 Å². The number of rotatable bonds is 6. The summed E-state index contributed by atoms with van der Waals surface area (Å²) >= 11 is 0. The van der Waals surface area contributed by atoms with E-state index in [0.29, 0.717) is 11.7 Å². The smallest absolute Gasteiger partial charge is 0.227 e. The van der Waals surface area contributed by atoms with Crippen molar-refractivity contribution >= 4 is 65.2 Å². The fraction of sp³-hybridized carbons (Fsp3) is 0. The van der Waals surface area contributed by atoms with Gasteiger partial charge in [0, 0.05) is 33.5 Å². The zero-order chi connectivity index (χ0) is 42.1. The van der Waals surface area contributed by atoms with Crippen molar-refractivity contribution in [1.82, 2.24) is 24.5 Å². The average Bonchev–Trinajstić information content (AvgIpc) is 3.99. The Morgan fingerprint density at radius 2 is 0.859 bits per heavy atom. The van der Waals surface area contributed by atoms with E-state index in [1.165, 1.54) is 32.3 Å². The molecule has 13 aromatic rings. The quantitative estimate of drug-likeness (QED) is 0.156. The standard InChI is InChI=1S/C58H35N5O/c1-3-15-42-39(13-1)33-48(46-19-7-5-17-44(42)46)52-35-53(49-34-40-14-2-4-16-43(40)45-18-6-8-20-47(45)49)60-56(59-52)36-29-31-41(32-30-36)63-54-23-11-9-21-50(54)61-57(63)37-25-27-38(28-26-37)58-62-51-22-10-12-24-55(51)64-58/h1-35H. The molecule has 13 rings (SSSR count). The van der Waals surface area contributed by atoms with Gasteiger partial charge in [0.1, 0.15) is 11.3 Å². The van der Waals surface area contributed by atoms with Gasteiger partial charge in [-0.25, -0.2) is 19.9 Å². The van der Waals surface area contributed by atoms with Crippen LogP contribution in [0.1, 0.15) is 0 Å². The summed E-state index contributed by atoms with van der Waals surface area (Å²) in [4.78, 5) is 20.7. The topological polar surface area (TPSA) is 69.6 Å². The van der Waals surface area contributed by atoms with Crippen molar-refractivity contribution < 1.29 is 4.42 Å². The summed E-state index contributed by atoms with van der Waals surface area (Å²) in [6.07, 6.45) is 0. The van der Waals surface area contributed by atoms with Gasteiger partial charge in [-0.05, 0) is 122 Å². The second kappa shape index (κ2) is 14.4. The normalized spacial score (nSPS) is 11.8. The third kappa shape index (κ3) is 5.88. The van der Waals surface area contributed by atoms with Gasteiger partial charge in [-0.1, -0.05) is 133 Å². The summed E-state index contributed by atoms with van der Waals surface area (Å²) in [6, 6.07) is 74.1. The largest absolute Gasteiger partial charge is 0.436 e. The highest BCUT2D eigenvalue weighted by Gasteiger charge is 2.19. The van der Waals surface area contributed by atoms with Crippen LogP contribution >= 0.6 is 0 Å². The minimum Gasteiger partial charge on any atom is -0.436 e. The Morgan fingerprint density at radius 1 is 0.359 bits per heavy atom. The summed E-state index contributed by atoms with van der Waals surface area (Å²) in [5, 5.41) is 9.47. The van der Waals surface area contributed by atoms with Gasteiger partial charge in [0.05, 0.1) is 22.4 Å². The zero-order valence-electron chi connectivity index (χ0n) is 34.4. The van der Waals surface area contributed by atoms with E-state index >= 15 is 0 Å². The summed E-state index contributed by atoms with van der Waals surface area (Å²) in [5.41, 5.74) is 11.2. The number of benzene rings is 10. The molecule has 6 nitrogen and oxygen atoms in total. The van der Waals surface area contributed by atoms with Crippen molar-refractivity contribution in [2.45, 2.75) is 0 Å². The van der Waals surface area contributed by atoms with E-state index in [2.05, 4.69) is 174 Å². The fourth-order valence-electron chi connectivity index (χ4n) is 9.38. The number of hydrogen-bond acceptors (Lipinski definition) is 5. The molecule has 0 spiro atoms. The Balaban J connectivity index is 0.967. The first-order valence-electron chi connectivity index (χ1n) is 21.5. The van der Waals surface area contributed by atoms with Crippen LogP contribution in [0.4, 0.5) is 0 Å². The predicted molar refractivity (Wildman–Crippen MR) is 261 cm³/mol. The van der Waals surface area contributed by atoms with Gasteiger partial charge in [0.25, 0.3) is 0 Å². The molecule has 10 aromatic carbocycles. The maximum atomic E-state index is 6.08. The van der Waals surface area contributed by atoms with Crippen LogP contribution in [0.15, 0.2) is 217 Å². The molecule has 0 saturated heterocycles. The van der Waals surface area contributed by atoms with E-state index in [0.717, 1.165) is 83.6 Å². The molecular weight excluding hydrogens is 783 g/mol. The van der Waals surface area contributed by atoms with E-state index in [9.17, 15) is 0 Å². The van der Waals surface area contributed by atoms with Crippen LogP contribution in [-0.2, 0) is 0 Å². The first-order chi connectivity index (χ1) is 31.7. The Kier molecular flexibility index (Phi) is 8.11. The Bertz CT molecular complexity index is 3790. The second-order valence-corrected chi connectivity index (χ2v) is 16.2. The van der Waals surface area contributed by atoms with E-state index < -0.39 is 0 Å². The SMILES string of the molecule is c1ccc2c(c1)cc(-c1cc(-c3cc4ccccc4c4ccccc34)nc(-c3ccc(-n4c(-c5ccc(-c6nc7ccccc7o6)cc5)nc5ccccc54)cc3)n1)c1ccccc12. The predicted octanol–water partition coefficient (Wildman–Crippen LogP) is 14.9. The molecule has 298 valence electrons. The average molecular weight is 818 g/mol. The minimum absolute atomic E-state index is 0.592. The molecule has 0 fully saturated rings. The maximum Gasteiger partial charge on any atom is 0.227 e.